The lowest BCUT2D eigenvalue weighted by molar-refractivity contribution is -0.137. The van der Waals surface area contributed by atoms with E-state index in [1.165, 1.54) is 0 Å². The van der Waals surface area contributed by atoms with Crippen molar-refractivity contribution in [3.63, 3.8) is 0 Å². The molecule has 1 saturated heterocycles. The summed E-state index contributed by atoms with van der Waals surface area (Å²) in [6, 6.07) is 13.3. The molecule has 3 aromatic rings. The number of aromatic amines is 1. The standard InChI is InChI=1S/C21H22F3N3OS/c22-21(23,24)16-7-5-15(6-8-16)11-14-29-26-12-9-17(10-13-26)27-19-4-2-1-3-18(19)25-20(27)28/h1-8,17H,9-14H2,(H,25,28). The summed E-state index contributed by atoms with van der Waals surface area (Å²) in [6.07, 6.45) is -1.76. The van der Waals surface area contributed by atoms with Gasteiger partial charge in [-0.3, -0.25) is 8.87 Å². The molecule has 1 aromatic heterocycles. The molecule has 1 aliphatic rings. The van der Waals surface area contributed by atoms with Crippen LogP contribution in [0.15, 0.2) is 53.3 Å². The van der Waals surface area contributed by atoms with Gasteiger partial charge < -0.3 is 4.98 Å². The Kier molecular flexibility index (Phi) is 5.74. The van der Waals surface area contributed by atoms with Crippen LogP contribution in [0.4, 0.5) is 13.2 Å². The van der Waals surface area contributed by atoms with Gasteiger partial charge in [0, 0.05) is 24.9 Å². The maximum absolute atomic E-state index is 12.6. The van der Waals surface area contributed by atoms with Crippen molar-refractivity contribution in [2.75, 3.05) is 18.8 Å². The zero-order valence-corrected chi connectivity index (χ0v) is 16.6. The van der Waals surface area contributed by atoms with E-state index in [4.69, 9.17) is 0 Å². The minimum Gasteiger partial charge on any atom is -0.306 e. The average molecular weight is 421 g/mol. The molecule has 0 saturated carbocycles. The second-order valence-corrected chi connectivity index (χ2v) is 8.44. The molecule has 0 unspecified atom stereocenters. The predicted molar refractivity (Wildman–Crippen MR) is 110 cm³/mol. The van der Waals surface area contributed by atoms with Crippen LogP contribution in [0.25, 0.3) is 11.0 Å². The number of H-pyrrole nitrogens is 1. The van der Waals surface area contributed by atoms with Gasteiger partial charge in [0.05, 0.1) is 16.6 Å². The van der Waals surface area contributed by atoms with Crippen LogP contribution in [0.5, 0.6) is 0 Å². The number of imidazole rings is 1. The molecule has 1 N–H and O–H groups in total. The molecule has 0 radical (unpaired) electrons. The Bertz CT molecular complexity index is 1020. The molecule has 2 heterocycles. The minimum absolute atomic E-state index is 0.0559. The molecule has 0 aliphatic carbocycles. The highest BCUT2D eigenvalue weighted by Gasteiger charge is 2.30. The van der Waals surface area contributed by atoms with Crippen molar-refractivity contribution in [2.45, 2.75) is 31.5 Å². The Balaban J connectivity index is 1.28. The molecule has 0 spiro atoms. The first-order chi connectivity index (χ1) is 13.9. The van der Waals surface area contributed by atoms with Crippen molar-refractivity contribution in [1.82, 2.24) is 13.9 Å². The lowest BCUT2D eigenvalue weighted by Gasteiger charge is -2.31. The third-order valence-electron chi connectivity index (χ3n) is 5.36. The maximum Gasteiger partial charge on any atom is 0.416 e. The van der Waals surface area contributed by atoms with Gasteiger partial charge in [-0.1, -0.05) is 36.2 Å². The smallest absolute Gasteiger partial charge is 0.306 e. The monoisotopic (exact) mass is 421 g/mol. The summed E-state index contributed by atoms with van der Waals surface area (Å²) in [4.78, 5) is 15.3. The van der Waals surface area contributed by atoms with Gasteiger partial charge >= 0.3 is 11.9 Å². The third-order valence-corrected chi connectivity index (χ3v) is 6.48. The lowest BCUT2D eigenvalue weighted by atomic mass is 10.1. The summed E-state index contributed by atoms with van der Waals surface area (Å²) in [5.41, 5.74) is 2.06. The highest BCUT2D eigenvalue weighted by Crippen LogP contribution is 2.30. The van der Waals surface area contributed by atoms with E-state index in [9.17, 15) is 18.0 Å². The third kappa shape index (κ3) is 4.53. The number of hydrogen-bond acceptors (Lipinski definition) is 3. The number of nitrogens with one attached hydrogen (secondary N) is 1. The number of nitrogens with zero attached hydrogens (tertiary/aromatic N) is 2. The molecular weight excluding hydrogens is 399 g/mol. The first-order valence-electron chi connectivity index (χ1n) is 9.65. The first kappa shape index (κ1) is 20.1. The maximum atomic E-state index is 12.6. The summed E-state index contributed by atoms with van der Waals surface area (Å²) in [5, 5.41) is 0. The van der Waals surface area contributed by atoms with Crippen molar-refractivity contribution in [3.8, 4) is 0 Å². The molecule has 29 heavy (non-hydrogen) atoms. The number of halogens is 3. The lowest BCUT2D eigenvalue weighted by Crippen LogP contribution is -2.33. The molecule has 4 rings (SSSR count). The summed E-state index contributed by atoms with van der Waals surface area (Å²) < 4.78 is 42.0. The zero-order chi connectivity index (χ0) is 20.4. The van der Waals surface area contributed by atoms with E-state index < -0.39 is 11.7 Å². The van der Waals surface area contributed by atoms with Crippen LogP contribution in [0.2, 0.25) is 0 Å². The highest BCUT2D eigenvalue weighted by atomic mass is 32.2. The SMILES string of the molecule is O=c1[nH]c2ccccc2n1C1CCN(SCCc2ccc(C(F)(F)F)cc2)CC1. The number of hydrogen-bond donors (Lipinski definition) is 1. The molecule has 0 bridgehead atoms. The van der Waals surface area contributed by atoms with E-state index in [2.05, 4.69) is 9.29 Å². The molecule has 8 heteroatoms. The number of aryl methyl sites for hydroxylation is 1. The number of benzene rings is 2. The molecule has 4 nitrogen and oxygen atoms in total. The molecule has 0 atom stereocenters. The molecule has 1 fully saturated rings. The van der Waals surface area contributed by atoms with E-state index in [-0.39, 0.29) is 11.7 Å². The van der Waals surface area contributed by atoms with Gasteiger partial charge in [-0.15, -0.1) is 0 Å². The van der Waals surface area contributed by atoms with E-state index >= 15 is 0 Å². The highest BCUT2D eigenvalue weighted by molar-refractivity contribution is 7.97. The summed E-state index contributed by atoms with van der Waals surface area (Å²) in [7, 11) is 0. The Labute approximate surface area is 170 Å². The van der Waals surface area contributed by atoms with Crippen LogP contribution in [-0.2, 0) is 12.6 Å². The van der Waals surface area contributed by atoms with E-state index in [0.717, 1.165) is 66.8 Å². The van der Waals surface area contributed by atoms with Crippen molar-refractivity contribution in [3.05, 3.63) is 70.1 Å². The van der Waals surface area contributed by atoms with Crippen molar-refractivity contribution >= 4 is 23.0 Å². The summed E-state index contributed by atoms with van der Waals surface area (Å²) in [5.74, 6) is 0.822. The van der Waals surface area contributed by atoms with Gasteiger partial charge in [0.2, 0.25) is 0 Å². The molecule has 0 amide bonds. The first-order valence-corrected chi connectivity index (χ1v) is 10.6. The van der Waals surface area contributed by atoms with Gasteiger partial charge in [0.25, 0.3) is 0 Å². The Morgan fingerprint density at radius 3 is 2.41 bits per heavy atom. The fraction of sp³-hybridized carbons (Fsp3) is 0.381. The van der Waals surface area contributed by atoms with E-state index in [1.807, 2.05) is 28.8 Å². The zero-order valence-electron chi connectivity index (χ0n) is 15.8. The largest absolute Gasteiger partial charge is 0.416 e. The van der Waals surface area contributed by atoms with E-state index in [0.29, 0.717) is 0 Å². The average Bonchev–Trinajstić information content (AvgIpc) is 3.04. The number of piperidine rings is 1. The van der Waals surface area contributed by atoms with Crippen molar-refractivity contribution in [1.29, 1.82) is 0 Å². The molecule has 1 aliphatic heterocycles. The number of fused-ring (bicyclic) bond motifs is 1. The normalized spacial score (nSPS) is 16.5. The van der Waals surface area contributed by atoms with Crippen LogP contribution in [0, 0.1) is 0 Å². The molecule has 154 valence electrons. The second-order valence-electron chi connectivity index (χ2n) is 7.26. The molecule has 2 aromatic carbocycles. The number of rotatable bonds is 5. The summed E-state index contributed by atoms with van der Waals surface area (Å²) in [6.45, 7) is 1.77. The fourth-order valence-corrected chi connectivity index (χ4v) is 4.87. The van der Waals surface area contributed by atoms with Crippen molar-refractivity contribution < 1.29 is 13.2 Å². The quantitative estimate of drug-likeness (QED) is 0.597. The van der Waals surface area contributed by atoms with Gasteiger partial charge in [-0.25, -0.2) is 4.79 Å². The second kappa shape index (κ2) is 8.28. The minimum atomic E-state index is -4.29. The van der Waals surface area contributed by atoms with Gasteiger partial charge in [0.15, 0.2) is 0 Å². The van der Waals surface area contributed by atoms with E-state index in [1.54, 1.807) is 24.1 Å². The topological polar surface area (TPSA) is 41.0 Å². The Hall–Kier alpha value is -2.19. The summed E-state index contributed by atoms with van der Waals surface area (Å²) >= 11 is 1.72. The number of alkyl halides is 3. The van der Waals surface area contributed by atoms with Crippen molar-refractivity contribution in [2.24, 2.45) is 0 Å². The van der Waals surface area contributed by atoms with Crippen LogP contribution < -0.4 is 5.69 Å². The van der Waals surface area contributed by atoms with Crippen LogP contribution in [0.3, 0.4) is 0 Å². The van der Waals surface area contributed by atoms with Crippen LogP contribution >= 0.6 is 11.9 Å². The number of para-hydroxylation sites is 2. The van der Waals surface area contributed by atoms with Gasteiger partial charge in [-0.2, -0.15) is 13.2 Å². The van der Waals surface area contributed by atoms with Gasteiger partial charge in [0.1, 0.15) is 0 Å². The van der Waals surface area contributed by atoms with Gasteiger partial charge in [-0.05, 0) is 49.1 Å². The van der Waals surface area contributed by atoms with Crippen LogP contribution in [0.1, 0.15) is 30.0 Å². The predicted octanol–water partition coefficient (Wildman–Crippen LogP) is 4.88. The number of aromatic nitrogens is 2. The Morgan fingerprint density at radius 2 is 1.72 bits per heavy atom. The Morgan fingerprint density at radius 1 is 1.03 bits per heavy atom. The fourth-order valence-electron chi connectivity index (χ4n) is 3.82. The molecular formula is C21H22F3N3OS. The van der Waals surface area contributed by atoms with Crippen LogP contribution in [-0.4, -0.2) is 32.7 Å².